The van der Waals surface area contributed by atoms with Crippen LogP contribution >= 0.6 is 0 Å². The largest absolute Gasteiger partial charge is 0.350 e. The van der Waals surface area contributed by atoms with Gasteiger partial charge in [0.05, 0.1) is 16.1 Å². The molecule has 1 fully saturated rings. The van der Waals surface area contributed by atoms with Crippen LogP contribution in [0.3, 0.4) is 0 Å². The topological polar surface area (TPSA) is 101 Å². The van der Waals surface area contributed by atoms with Gasteiger partial charge in [-0.3, -0.25) is 9.52 Å². The molecule has 0 saturated heterocycles. The van der Waals surface area contributed by atoms with Crippen molar-refractivity contribution in [2.75, 3.05) is 11.3 Å². The van der Waals surface area contributed by atoms with E-state index in [-0.39, 0.29) is 23.8 Å². The lowest BCUT2D eigenvalue weighted by Gasteiger charge is -2.15. The molecule has 9 heteroatoms. The summed E-state index contributed by atoms with van der Waals surface area (Å²) in [7, 11) is -4.20. The van der Waals surface area contributed by atoms with Gasteiger partial charge in [-0.1, -0.05) is 12.1 Å². The quantitative estimate of drug-likeness (QED) is 0.669. The van der Waals surface area contributed by atoms with Crippen LogP contribution in [0.4, 0.5) is 14.5 Å². The number of hydrogen-bond donors (Lipinski definition) is 3. The summed E-state index contributed by atoms with van der Waals surface area (Å²) in [5, 5.41) is 2.69. The molecule has 0 aliphatic heterocycles. The molecule has 1 saturated carbocycles. The van der Waals surface area contributed by atoms with E-state index in [0.29, 0.717) is 12.0 Å². The first kappa shape index (κ1) is 19.2. The van der Waals surface area contributed by atoms with E-state index in [1.807, 2.05) is 0 Å². The Hall–Kier alpha value is -2.52. The van der Waals surface area contributed by atoms with Crippen molar-refractivity contribution in [3.63, 3.8) is 0 Å². The molecule has 1 aliphatic rings. The van der Waals surface area contributed by atoms with Crippen molar-refractivity contribution in [1.29, 1.82) is 0 Å². The third-order valence-electron chi connectivity index (χ3n) is 4.34. The van der Waals surface area contributed by atoms with Gasteiger partial charge >= 0.3 is 0 Å². The second-order valence-corrected chi connectivity index (χ2v) is 8.12. The van der Waals surface area contributed by atoms with E-state index >= 15 is 0 Å². The molecular formula is C18H19F2N3O3S. The van der Waals surface area contributed by atoms with Gasteiger partial charge in [-0.05, 0) is 49.1 Å². The summed E-state index contributed by atoms with van der Waals surface area (Å²) in [6.45, 7) is 0.285. The first-order valence-corrected chi connectivity index (χ1v) is 9.87. The Balaban J connectivity index is 1.78. The Morgan fingerprint density at radius 3 is 2.52 bits per heavy atom. The Bertz CT molecular complexity index is 962. The smallest absolute Gasteiger partial charge is 0.262 e. The van der Waals surface area contributed by atoms with E-state index in [9.17, 15) is 22.0 Å². The highest BCUT2D eigenvalue weighted by molar-refractivity contribution is 7.92. The zero-order chi connectivity index (χ0) is 19.6. The number of nitrogens with one attached hydrogen (secondary N) is 2. The Kier molecular flexibility index (Phi) is 5.43. The van der Waals surface area contributed by atoms with Crippen LogP contribution in [0.1, 0.15) is 23.2 Å². The molecule has 1 aliphatic carbocycles. The van der Waals surface area contributed by atoms with Gasteiger partial charge in [-0.15, -0.1) is 0 Å². The summed E-state index contributed by atoms with van der Waals surface area (Å²) in [6, 6.07) is 8.12. The number of carbonyl (C=O) groups is 1. The van der Waals surface area contributed by atoms with Gasteiger partial charge in [0.25, 0.3) is 15.9 Å². The van der Waals surface area contributed by atoms with Crippen LogP contribution < -0.4 is 15.8 Å². The molecule has 0 bridgehead atoms. The first-order valence-electron chi connectivity index (χ1n) is 8.38. The number of sulfonamides is 1. The zero-order valence-electron chi connectivity index (χ0n) is 14.3. The SMILES string of the molecule is NC(CNC(=O)c1ccccc1NS(=O)(=O)c1ccc(F)c(F)c1)C1CC1. The van der Waals surface area contributed by atoms with Crippen LogP contribution in [-0.2, 0) is 10.0 Å². The van der Waals surface area contributed by atoms with Gasteiger partial charge in [0.2, 0.25) is 0 Å². The van der Waals surface area contributed by atoms with Crippen molar-refractivity contribution in [1.82, 2.24) is 5.32 Å². The predicted octanol–water partition coefficient (Wildman–Crippen LogP) is 2.23. The van der Waals surface area contributed by atoms with Crippen LogP contribution in [0.15, 0.2) is 47.4 Å². The third kappa shape index (κ3) is 4.61. The molecule has 0 aromatic heterocycles. The highest BCUT2D eigenvalue weighted by Gasteiger charge is 2.29. The molecule has 27 heavy (non-hydrogen) atoms. The average molecular weight is 395 g/mol. The summed E-state index contributed by atoms with van der Waals surface area (Å²) in [5.41, 5.74) is 6.09. The van der Waals surface area contributed by atoms with E-state index in [0.717, 1.165) is 25.0 Å². The van der Waals surface area contributed by atoms with Gasteiger partial charge in [0.15, 0.2) is 11.6 Å². The molecule has 0 heterocycles. The van der Waals surface area contributed by atoms with Gasteiger partial charge in [-0.2, -0.15) is 0 Å². The molecule has 1 unspecified atom stereocenters. The summed E-state index contributed by atoms with van der Waals surface area (Å²) in [6.07, 6.45) is 2.09. The van der Waals surface area contributed by atoms with Crippen molar-refractivity contribution in [2.45, 2.75) is 23.8 Å². The summed E-state index contributed by atoms with van der Waals surface area (Å²) >= 11 is 0. The molecular weight excluding hydrogens is 376 g/mol. The fraction of sp³-hybridized carbons (Fsp3) is 0.278. The van der Waals surface area contributed by atoms with E-state index in [1.165, 1.54) is 12.1 Å². The lowest BCUT2D eigenvalue weighted by atomic mass is 10.1. The number of rotatable bonds is 7. The minimum absolute atomic E-state index is 0.0275. The maximum absolute atomic E-state index is 13.4. The summed E-state index contributed by atoms with van der Waals surface area (Å²) in [5.74, 6) is -2.50. The molecule has 2 aromatic carbocycles. The maximum Gasteiger partial charge on any atom is 0.262 e. The minimum atomic E-state index is -4.20. The number of nitrogens with two attached hydrogens (primary N) is 1. The fourth-order valence-electron chi connectivity index (χ4n) is 2.61. The highest BCUT2D eigenvalue weighted by atomic mass is 32.2. The second-order valence-electron chi connectivity index (χ2n) is 6.44. The maximum atomic E-state index is 13.4. The number of para-hydroxylation sites is 1. The molecule has 2 aromatic rings. The molecule has 1 amide bonds. The van der Waals surface area contributed by atoms with Crippen LogP contribution in [0.25, 0.3) is 0 Å². The fourth-order valence-corrected chi connectivity index (χ4v) is 3.71. The van der Waals surface area contributed by atoms with Crippen molar-refractivity contribution >= 4 is 21.6 Å². The zero-order valence-corrected chi connectivity index (χ0v) is 15.1. The Morgan fingerprint density at radius 1 is 1.15 bits per heavy atom. The number of carbonyl (C=O) groups excluding carboxylic acids is 1. The van der Waals surface area contributed by atoms with Gasteiger partial charge in [0.1, 0.15) is 0 Å². The normalized spacial score (nSPS) is 15.2. The van der Waals surface area contributed by atoms with Crippen LogP contribution in [0.5, 0.6) is 0 Å². The third-order valence-corrected chi connectivity index (χ3v) is 5.71. The number of halogens is 2. The standard InChI is InChI=1S/C18H19F2N3O3S/c19-14-8-7-12(9-15(14)20)27(25,26)23-17-4-2-1-3-13(17)18(24)22-10-16(21)11-5-6-11/h1-4,7-9,11,16,23H,5-6,10,21H2,(H,22,24). The number of amides is 1. The van der Waals surface area contributed by atoms with Crippen molar-refractivity contribution in [3.8, 4) is 0 Å². The molecule has 3 rings (SSSR count). The van der Waals surface area contributed by atoms with E-state index in [4.69, 9.17) is 5.73 Å². The van der Waals surface area contributed by atoms with E-state index < -0.39 is 32.5 Å². The van der Waals surface area contributed by atoms with Gasteiger partial charge in [-0.25, -0.2) is 17.2 Å². The molecule has 6 nitrogen and oxygen atoms in total. The van der Waals surface area contributed by atoms with Crippen molar-refractivity contribution in [2.24, 2.45) is 11.7 Å². The molecule has 1 atom stereocenters. The average Bonchev–Trinajstić information content (AvgIpc) is 3.47. The van der Waals surface area contributed by atoms with Gasteiger partial charge < -0.3 is 11.1 Å². The Labute approximate surface area is 155 Å². The highest BCUT2D eigenvalue weighted by Crippen LogP contribution is 2.31. The van der Waals surface area contributed by atoms with Gasteiger partial charge in [0, 0.05) is 12.6 Å². The van der Waals surface area contributed by atoms with Crippen LogP contribution in [0.2, 0.25) is 0 Å². The Morgan fingerprint density at radius 2 is 1.85 bits per heavy atom. The minimum Gasteiger partial charge on any atom is -0.350 e. The number of benzene rings is 2. The number of anilines is 1. The van der Waals surface area contributed by atoms with Crippen molar-refractivity contribution in [3.05, 3.63) is 59.7 Å². The first-order chi connectivity index (χ1) is 12.8. The molecule has 0 spiro atoms. The predicted molar refractivity (Wildman–Crippen MR) is 96.6 cm³/mol. The molecule has 144 valence electrons. The lowest BCUT2D eigenvalue weighted by Crippen LogP contribution is -2.38. The summed E-state index contributed by atoms with van der Waals surface area (Å²) < 4.78 is 53.5. The van der Waals surface area contributed by atoms with E-state index in [1.54, 1.807) is 12.1 Å². The number of hydrogen-bond acceptors (Lipinski definition) is 4. The monoisotopic (exact) mass is 395 g/mol. The van der Waals surface area contributed by atoms with Crippen LogP contribution in [-0.4, -0.2) is 26.9 Å². The van der Waals surface area contributed by atoms with Crippen molar-refractivity contribution < 1.29 is 22.0 Å². The molecule has 4 N–H and O–H groups in total. The molecule has 0 radical (unpaired) electrons. The lowest BCUT2D eigenvalue weighted by molar-refractivity contribution is 0.0951. The second kappa shape index (κ2) is 7.61. The summed E-state index contributed by atoms with van der Waals surface area (Å²) in [4.78, 5) is 12.0. The van der Waals surface area contributed by atoms with Crippen LogP contribution in [0, 0.1) is 17.6 Å². The van der Waals surface area contributed by atoms with E-state index in [2.05, 4.69) is 10.0 Å².